The summed E-state index contributed by atoms with van der Waals surface area (Å²) in [5.41, 5.74) is 1.80. The molecule has 1 N–H and O–H groups in total. The van der Waals surface area contributed by atoms with E-state index in [9.17, 15) is 9.59 Å². The second-order valence-electron chi connectivity index (χ2n) is 6.50. The van der Waals surface area contributed by atoms with Crippen LogP contribution in [-0.4, -0.2) is 53.8 Å². The van der Waals surface area contributed by atoms with Crippen LogP contribution < -0.4 is 4.74 Å². The standard InChI is InChI=1S/C18H25NO5/c1-5-18(4)11-19(6-7-24-18)17(22)14-8-12(2)16(13(3)9-14)23-10-15(20)21/h8-9H,5-7,10-11H2,1-4H3,(H,20,21)/t18-/m1/s1. The average Bonchev–Trinajstić information content (AvgIpc) is 2.53. The van der Waals surface area contributed by atoms with Crippen LogP contribution in [0.2, 0.25) is 0 Å². The SMILES string of the molecule is CC[C@]1(C)CN(C(=O)c2cc(C)c(OCC(=O)O)c(C)c2)CCO1. The number of amides is 1. The molecule has 0 aromatic heterocycles. The van der Waals surface area contributed by atoms with Crippen LogP contribution in [0.3, 0.4) is 0 Å². The fourth-order valence-corrected chi connectivity index (χ4v) is 2.94. The van der Waals surface area contributed by atoms with E-state index in [-0.39, 0.29) is 11.5 Å². The summed E-state index contributed by atoms with van der Waals surface area (Å²) in [6.07, 6.45) is 0.844. The molecule has 0 aliphatic carbocycles. The lowest BCUT2D eigenvalue weighted by Gasteiger charge is -2.40. The Bertz CT molecular complexity index is 619. The van der Waals surface area contributed by atoms with Crippen LogP contribution in [0, 0.1) is 13.8 Å². The molecular weight excluding hydrogens is 310 g/mol. The molecule has 1 aromatic rings. The molecule has 24 heavy (non-hydrogen) atoms. The molecule has 1 amide bonds. The highest BCUT2D eigenvalue weighted by atomic mass is 16.5. The van der Waals surface area contributed by atoms with Crippen molar-refractivity contribution >= 4 is 11.9 Å². The Labute approximate surface area is 142 Å². The summed E-state index contributed by atoms with van der Waals surface area (Å²) in [5, 5.41) is 8.74. The normalized spacial score (nSPS) is 20.8. The van der Waals surface area contributed by atoms with Gasteiger partial charge in [-0.1, -0.05) is 6.92 Å². The number of hydrogen-bond donors (Lipinski definition) is 1. The zero-order chi connectivity index (χ0) is 17.9. The van der Waals surface area contributed by atoms with Crippen LogP contribution in [0.15, 0.2) is 12.1 Å². The van der Waals surface area contributed by atoms with E-state index in [1.165, 1.54) is 0 Å². The van der Waals surface area contributed by atoms with Crippen molar-refractivity contribution in [2.75, 3.05) is 26.3 Å². The molecule has 132 valence electrons. The fraction of sp³-hybridized carbons (Fsp3) is 0.556. The van der Waals surface area contributed by atoms with Crippen molar-refractivity contribution in [1.82, 2.24) is 4.90 Å². The number of aryl methyl sites for hydroxylation is 2. The minimum atomic E-state index is -1.03. The molecule has 0 radical (unpaired) electrons. The lowest BCUT2D eigenvalue weighted by Crippen LogP contribution is -2.51. The summed E-state index contributed by atoms with van der Waals surface area (Å²) in [6.45, 7) is 8.98. The molecular formula is C18H25NO5. The van der Waals surface area contributed by atoms with Gasteiger partial charge < -0.3 is 19.5 Å². The molecule has 0 bridgehead atoms. The number of carbonyl (C=O) groups is 2. The van der Waals surface area contributed by atoms with E-state index in [1.54, 1.807) is 12.1 Å². The van der Waals surface area contributed by atoms with E-state index in [0.29, 0.717) is 31.0 Å². The predicted octanol–water partition coefficient (Wildman–Crippen LogP) is 2.41. The highest BCUT2D eigenvalue weighted by Gasteiger charge is 2.33. The topological polar surface area (TPSA) is 76.1 Å². The number of ether oxygens (including phenoxy) is 2. The Balaban J connectivity index is 2.19. The number of carboxylic acids is 1. The maximum atomic E-state index is 12.8. The summed E-state index contributed by atoms with van der Waals surface area (Å²) >= 11 is 0. The van der Waals surface area contributed by atoms with E-state index in [4.69, 9.17) is 14.6 Å². The summed E-state index contributed by atoms with van der Waals surface area (Å²) in [4.78, 5) is 25.3. The summed E-state index contributed by atoms with van der Waals surface area (Å²) in [6, 6.07) is 3.51. The van der Waals surface area contributed by atoms with Crippen LogP contribution in [0.1, 0.15) is 41.8 Å². The van der Waals surface area contributed by atoms with E-state index < -0.39 is 12.6 Å². The molecule has 0 saturated carbocycles. The van der Waals surface area contributed by atoms with Crippen LogP contribution >= 0.6 is 0 Å². The minimum Gasteiger partial charge on any atom is -0.481 e. The molecule has 1 fully saturated rings. The summed E-state index contributed by atoms with van der Waals surface area (Å²) in [7, 11) is 0. The van der Waals surface area contributed by atoms with Crippen molar-refractivity contribution in [2.45, 2.75) is 39.7 Å². The molecule has 6 nitrogen and oxygen atoms in total. The molecule has 1 aliphatic heterocycles. The number of rotatable bonds is 5. The smallest absolute Gasteiger partial charge is 0.341 e. The van der Waals surface area contributed by atoms with Gasteiger partial charge in [-0.25, -0.2) is 4.79 Å². The maximum Gasteiger partial charge on any atom is 0.341 e. The third kappa shape index (κ3) is 4.06. The lowest BCUT2D eigenvalue weighted by atomic mass is 9.99. The Morgan fingerprint density at radius 1 is 1.33 bits per heavy atom. The molecule has 0 unspecified atom stereocenters. The highest BCUT2D eigenvalue weighted by Crippen LogP contribution is 2.27. The van der Waals surface area contributed by atoms with Crippen LogP contribution in [0.5, 0.6) is 5.75 Å². The van der Waals surface area contributed by atoms with Crippen molar-refractivity contribution in [1.29, 1.82) is 0 Å². The van der Waals surface area contributed by atoms with Gasteiger partial charge >= 0.3 is 5.97 Å². The maximum absolute atomic E-state index is 12.8. The van der Waals surface area contributed by atoms with Crippen molar-refractivity contribution < 1.29 is 24.2 Å². The van der Waals surface area contributed by atoms with E-state index >= 15 is 0 Å². The van der Waals surface area contributed by atoms with Crippen molar-refractivity contribution in [2.24, 2.45) is 0 Å². The zero-order valence-corrected chi connectivity index (χ0v) is 14.7. The number of carbonyl (C=O) groups excluding carboxylic acids is 1. The van der Waals surface area contributed by atoms with Crippen molar-refractivity contribution in [3.05, 3.63) is 28.8 Å². The van der Waals surface area contributed by atoms with Gasteiger partial charge in [0.2, 0.25) is 0 Å². The molecule has 1 heterocycles. The fourth-order valence-electron chi connectivity index (χ4n) is 2.94. The third-order valence-electron chi connectivity index (χ3n) is 4.42. The van der Waals surface area contributed by atoms with Gasteiger partial charge in [0.1, 0.15) is 5.75 Å². The van der Waals surface area contributed by atoms with Gasteiger partial charge in [-0.15, -0.1) is 0 Å². The molecule has 1 atom stereocenters. The zero-order valence-electron chi connectivity index (χ0n) is 14.7. The van der Waals surface area contributed by atoms with Crippen molar-refractivity contribution in [3.63, 3.8) is 0 Å². The largest absolute Gasteiger partial charge is 0.481 e. The first-order valence-electron chi connectivity index (χ1n) is 8.15. The lowest BCUT2D eigenvalue weighted by molar-refractivity contribution is -0.139. The molecule has 2 rings (SSSR count). The number of hydrogen-bond acceptors (Lipinski definition) is 4. The first-order chi connectivity index (χ1) is 11.3. The molecule has 6 heteroatoms. The van der Waals surface area contributed by atoms with Crippen molar-refractivity contribution in [3.8, 4) is 5.75 Å². The minimum absolute atomic E-state index is 0.0334. The quantitative estimate of drug-likeness (QED) is 0.894. The van der Waals surface area contributed by atoms with Gasteiger partial charge in [0.25, 0.3) is 5.91 Å². The summed E-state index contributed by atoms with van der Waals surface area (Å²) in [5.74, 6) is -0.538. The Morgan fingerprint density at radius 3 is 2.50 bits per heavy atom. The van der Waals surface area contributed by atoms with E-state index in [0.717, 1.165) is 17.5 Å². The first kappa shape index (κ1) is 18.3. The van der Waals surface area contributed by atoms with E-state index in [1.807, 2.05) is 25.7 Å². The number of nitrogens with zero attached hydrogens (tertiary/aromatic N) is 1. The molecule has 1 saturated heterocycles. The number of benzene rings is 1. The van der Waals surface area contributed by atoms with Crippen LogP contribution in [-0.2, 0) is 9.53 Å². The number of carboxylic acid groups (broad SMARTS) is 1. The van der Waals surface area contributed by atoms with Gasteiger partial charge in [0.05, 0.1) is 12.2 Å². The monoisotopic (exact) mass is 335 g/mol. The van der Waals surface area contributed by atoms with E-state index in [2.05, 4.69) is 6.92 Å². The Hall–Kier alpha value is -2.08. The molecule has 1 aliphatic rings. The average molecular weight is 335 g/mol. The predicted molar refractivity (Wildman–Crippen MR) is 89.6 cm³/mol. The van der Waals surface area contributed by atoms with Gasteiger partial charge in [-0.3, -0.25) is 4.79 Å². The van der Waals surface area contributed by atoms with Crippen LogP contribution in [0.4, 0.5) is 0 Å². The second-order valence-corrected chi connectivity index (χ2v) is 6.50. The Morgan fingerprint density at radius 2 is 1.96 bits per heavy atom. The van der Waals surface area contributed by atoms with Gasteiger partial charge in [0.15, 0.2) is 6.61 Å². The Kier molecular flexibility index (Phi) is 5.49. The molecule has 0 spiro atoms. The van der Waals surface area contributed by atoms with Crippen LogP contribution in [0.25, 0.3) is 0 Å². The van der Waals surface area contributed by atoms with Gasteiger partial charge in [0, 0.05) is 18.7 Å². The summed E-state index contributed by atoms with van der Waals surface area (Å²) < 4.78 is 11.1. The third-order valence-corrected chi connectivity index (χ3v) is 4.42. The number of morpholine rings is 1. The molecule has 1 aromatic carbocycles. The first-order valence-corrected chi connectivity index (χ1v) is 8.15. The second kappa shape index (κ2) is 7.21. The highest BCUT2D eigenvalue weighted by molar-refractivity contribution is 5.95. The van der Waals surface area contributed by atoms with Gasteiger partial charge in [-0.05, 0) is 50.5 Å². The van der Waals surface area contributed by atoms with Gasteiger partial charge in [-0.2, -0.15) is 0 Å². The number of aliphatic carboxylic acids is 1.